The van der Waals surface area contributed by atoms with Crippen molar-refractivity contribution in [3.8, 4) is 0 Å². The molecule has 2 rings (SSSR count). The Labute approximate surface area is 176 Å². The van der Waals surface area contributed by atoms with E-state index in [-0.39, 0.29) is 16.8 Å². The number of esters is 1. The Morgan fingerprint density at radius 3 is 2.38 bits per heavy atom. The van der Waals surface area contributed by atoms with Gasteiger partial charge in [-0.05, 0) is 59.2 Å². The first-order chi connectivity index (χ1) is 13.4. The average molecular weight is 417 g/mol. The second-order valence-corrected chi connectivity index (χ2v) is 11.1. The van der Waals surface area contributed by atoms with E-state index in [2.05, 4.69) is 0 Å². The molecular weight excluding hydrogens is 384 g/mol. The number of fused-ring (bicyclic) bond motifs is 1. The molecule has 5 nitrogen and oxygen atoms in total. The average Bonchev–Trinajstić information content (AvgIpc) is 2.68. The van der Waals surface area contributed by atoms with Crippen LogP contribution in [0.1, 0.15) is 58.8 Å². The third-order valence-electron chi connectivity index (χ3n) is 4.90. The van der Waals surface area contributed by atoms with Crippen LogP contribution in [0, 0.1) is 5.41 Å². The Balaban J connectivity index is 2.34. The molecule has 0 amide bonds. The van der Waals surface area contributed by atoms with Crippen LogP contribution in [0.25, 0.3) is 17.0 Å². The molecule has 2 aromatic rings. The third kappa shape index (κ3) is 5.52. The van der Waals surface area contributed by atoms with Gasteiger partial charge >= 0.3 is 5.97 Å². The second-order valence-electron chi connectivity index (χ2n) is 8.82. The molecule has 2 atom stereocenters. The fourth-order valence-corrected chi connectivity index (χ4v) is 4.14. The first-order valence-electron chi connectivity index (χ1n) is 9.70. The van der Waals surface area contributed by atoms with Crippen molar-refractivity contribution in [2.75, 3.05) is 14.2 Å². The van der Waals surface area contributed by atoms with Crippen molar-refractivity contribution in [1.82, 2.24) is 9.29 Å². The number of carbonyl (C=O) groups is 1. The zero-order valence-corrected chi connectivity index (χ0v) is 19.5. The molecule has 0 fully saturated rings. The monoisotopic (exact) mass is 416 g/mol. The van der Waals surface area contributed by atoms with Gasteiger partial charge in [0.05, 0.1) is 34.5 Å². The van der Waals surface area contributed by atoms with Gasteiger partial charge in [-0.15, -0.1) is 0 Å². The van der Waals surface area contributed by atoms with Gasteiger partial charge < -0.3 is 4.74 Å². The predicted octanol–water partition coefficient (Wildman–Crippen LogP) is 4.90. The summed E-state index contributed by atoms with van der Waals surface area (Å²) >= 11 is 0. The smallest absolute Gasteiger partial charge is 0.315 e. The number of hydrogen-bond acceptors (Lipinski definition) is 4. The molecule has 158 valence electrons. The van der Waals surface area contributed by atoms with Crippen LogP contribution in [0.5, 0.6) is 0 Å². The minimum atomic E-state index is -1.13. The Bertz CT molecular complexity index is 945. The highest BCUT2D eigenvalue weighted by Gasteiger charge is 2.28. The highest BCUT2D eigenvalue weighted by atomic mass is 32.2. The fourth-order valence-electron chi connectivity index (χ4n) is 2.88. The molecule has 6 heteroatoms. The van der Waals surface area contributed by atoms with Crippen molar-refractivity contribution < 1.29 is 13.7 Å². The number of aromatic nitrogens is 1. The lowest BCUT2D eigenvalue weighted by atomic mass is 9.92. The lowest BCUT2D eigenvalue weighted by Gasteiger charge is -2.30. The van der Waals surface area contributed by atoms with Crippen molar-refractivity contribution >= 4 is 33.9 Å². The normalized spacial score (nSPS) is 15.1. The molecule has 0 bridgehead atoms. The number of hydrogen-bond donors (Lipinski definition) is 0. The van der Waals surface area contributed by atoms with Crippen LogP contribution in [-0.4, -0.2) is 38.4 Å². The van der Waals surface area contributed by atoms with Crippen LogP contribution >= 0.6 is 0 Å². The molecular formula is C23H32N2O3S. The maximum Gasteiger partial charge on any atom is 0.315 e. The minimum absolute atomic E-state index is 0.0862. The summed E-state index contributed by atoms with van der Waals surface area (Å²) in [5.41, 5.74) is 1.99. The third-order valence-corrected chi connectivity index (χ3v) is 6.79. The molecule has 0 spiro atoms. The Morgan fingerprint density at radius 2 is 1.79 bits per heavy atom. The van der Waals surface area contributed by atoms with Crippen LogP contribution in [0.15, 0.2) is 36.4 Å². The van der Waals surface area contributed by atoms with E-state index >= 15 is 0 Å². The fraction of sp³-hybridized carbons (Fsp3) is 0.478. The quantitative estimate of drug-likeness (QED) is 0.628. The summed E-state index contributed by atoms with van der Waals surface area (Å²) in [4.78, 5) is 16.7. The van der Waals surface area contributed by atoms with E-state index in [9.17, 15) is 9.00 Å². The van der Waals surface area contributed by atoms with Crippen LogP contribution in [0.3, 0.4) is 0 Å². The molecule has 0 saturated heterocycles. The van der Waals surface area contributed by atoms with E-state index in [1.165, 1.54) is 7.11 Å². The standard InChI is InChI=1S/C23H32N2O3S/c1-16(25(7)29(27)22(2,3)4)19-12-11-18-10-9-17(15-20(18)24-19)13-14-23(5,6)21(26)28-8/h9-16H,1-8H3/b14-13+/t16-,29?/m1/s1. The zero-order chi connectivity index (χ0) is 22.0. The summed E-state index contributed by atoms with van der Waals surface area (Å²) in [6.07, 6.45) is 3.75. The summed E-state index contributed by atoms with van der Waals surface area (Å²) < 4.78 is 19.1. The summed E-state index contributed by atoms with van der Waals surface area (Å²) in [7, 11) is 2.13. The molecule has 1 aromatic carbocycles. The van der Waals surface area contributed by atoms with Gasteiger partial charge in [-0.3, -0.25) is 9.78 Å². The highest BCUT2D eigenvalue weighted by Crippen LogP contribution is 2.27. The van der Waals surface area contributed by atoms with Crippen molar-refractivity contribution in [2.45, 2.75) is 52.3 Å². The van der Waals surface area contributed by atoms with Crippen molar-refractivity contribution in [3.05, 3.63) is 47.7 Å². The van der Waals surface area contributed by atoms with E-state index in [1.54, 1.807) is 0 Å². The van der Waals surface area contributed by atoms with Gasteiger partial charge in [-0.25, -0.2) is 8.51 Å². The number of benzene rings is 1. The topological polar surface area (TPSA) is 59.5 Å². The maximum atomic E-state index is 12.7. The van der Waals surface area contributed by atoms with E-state index in [1.807, 2.05) is 95.4 Å². The number of methoxy groups -OCH3 is 1. The van der Waals surface area contributed by atoms with Gasteiger partial charge in [0.15, 0.2) is 0 Å². The lowest BCUT2D eigenvalue weighted by Crippen LogP contribution is -2.36. The molecule has 1 aromatic heterocycles. The van der Waals surface area contributed by atoms with Crippen LogP contribution < -0.4 is 0 Å². The molecule has 0 radical (unpaired) electrons. The van der Waals surface area contributed by atoms with Gasteiger partial charge in [-0.1, -0.05) is 30.4 Å². The van der Waals surface area contributed by atoms with Crippen LogP contribution in [-0.2, 0) is 20.5 Å². The maximum absolute atomic E-state index is 12.7. The summed E-state index contributed by atoms with van der Waals surface area (Å²) in [6.45, 7) is 11.6. The number of nitrogens with zero attached hydrogens (tertiary/aromatic N) is 2. The molecule has 1 unspecified atom stereocenters. The van der Waals surface area contributed by atoms with Gasteiger partial charge in [0.25, 0.3) is 0 Å². The molecule has 0 aliphatic carbocycles. The SMILES string of the molecule is COC(=O)C(C)(C)/C=C/c1ccc2ccc([C@@H](C)N(C)S(=O)C(C)(C)C)nc2c1. The van der Waals surface area contributed by atoms with E-state index < -0.39 is 16.4 Å². The van der Waals surface area contributed by atoms with Gasteiger partial charge in [0.2, 0.25) is 0 Å². The molecule has 1 heterocycles. The lowest BCUT2D eigenvalue weighted by molar-refractivity contribution is -0.148. The number of rotatable bonds is 6. The van der Waals surface area contributed by atoms with Crippen LogP contribution in [0.4, 0.5) is 0 Å². The minimum Gasteiger partial charge on any atom is -0.468 e. The number of carbonyl (C=O) groups excluding carboxylic acids is 1. The summed E-state index contributed by atoms with van der Waals surface area (Å²) in [6, 6.07) is 9.94. The Morgan fingerprint density at radius 1 is 1.17 bits per heavy atom. The van der Waals surface area contributed by atoms with Crippen molar-refractivity contribution in [1.29, 1.82) is 0 Å². The largest absolute Gasteiger partial charge is 0.468 e. The summed E-state index contributed by atoms with van der Waals surface area (Å²) in [5.74, 6) is -0.279. The molecule has 0 aliphatic rings. The highest BCUT2D eigenvalue weighted by molar-refractivity contribution is 7.84. The number of ether oxygens (including phenoxy) is 1. The molecule has 29 heavy (non-hydrogen) atoms. The van der Waals surface area contributed by atoms with E-state index in [0.29, 0.717) is 0 Å². The summed E-state index contributed by atoms with van der Waals surface area (Å²) in [5, 5.41) is 1.03. The predicted molar refractivity (Wildman–Crippen MR) is 121 cm³/mol. The molecule has 0 saturated carbocycles. The Kier molecular flexibility index (Phi) is 7.01. The first-order valence-corrected chi connectivity index (χ1v) is 10.8. The van der Waals surface area contributed by atoms with Gasteiger partial charge in [0.1, 0.15) is 11.0 Å². The van der Waals surface area contributed by atoms with Gasteiger partial charge in [0, 0.05) is 12.4 Å². The Hall–Kier alpha value is -2.05. The van der Waals surface area contributed by atoms with E-state index in [0.717, 1.165) is 22.2 Å². The van der Waals surface area contributed by atoms with Gasteiger partial charge in [-0.2, -0.15) is 0 Å². The molecule has 0 aliphatic heterocycles. The van der Waals surface area contributed by atoms with Crippen molar-refractivity contribution in [3.63, 3.8) is 0 Å². The van der Waals surface area contributed by atoms with Crippen LogP contribution in [0.2, 0.25) is 0 Å². The first kappa shape index (κ1) is 23.2. The zero-order valence-electron chi connectivity index (χ0n) is 18.6. The van der Waals surface area contributed by atoms with E-state index in [4.69, 9.17) is 9.72 Å². The second kappa shape index (κ2) is 8.76. The van der Waals surface area contributed by atoms with Crippen molar-refractivity contribution in [2.24, 2.45) is 5.41 Å². The number of pyridine rings is 1. The molecule has 0 N–H and O–H groups in total.